The number of aromatic nitrogens is 1. The molecule has 0 radical (unpaired) electrons. The van der Waals surface area contributed by atoms with Crippen molar-refractivity contribution in [3.8, 4) is 0 Å². The van der Waals surface area contributed by atoms with Crippen molar-refractivity contribution in [1.82, 2.24) is 4.98 Å². The SMILES string of the molecule is CCc1csc(C2CCC(C)CC2)n1. The van der Waals surface area contributed by atoms with Gasteiger partial charge in [-0.2, -0.15) is 0 Å². The normalized spacial score (nSPS) is 27.9. The minimum absolute atomic E-state index is 0.775. The fraction of sp³-hybridized carbons (Fsp3) is 0.750. The summed E-state index contributed by atoms with van der Waals surface area (Å²) in [5, 5.41) is 3.63. The zero-order chi connectivity index (χ0) is 9.97. The van der Waals surface area contributed by atoms with Crippen molar-refractivity contribution < 1.29 is 0 Å². The van der Waals surface area contributed by atoms with Gasteiger partial charge in [0.2, 0.25) is 0 Å². The lowest BCUT2D eigenvalue weighted by atomic mass is 9.83. The molecule has 1 aliphatic rings. The highest BCUT2D eigenvalue weighted by molar-refractivity contribution is 7.09. The summed E-state index contributed by atoms with van der Waals surface area (Å²) in [5.74, 6) is 1.72. The molecule has 1 saturated carbocycles. The summed E-state index contributed by atoms with van der Waals surface area (Å²) >= 11 is 1.87. The average molecular weight is 209 g/mol. The Morgan fingerprint density at radius 1 is 1.36 bits per heavy atom. The second-order valence-corrected chi connectivity index (χ2v) is 5.38. The van der Waals surface area contributed by atoms with E-state index in [-0.39, 0.29) is 0 Å². The summed E-state index contributed by atoms with van der Waals surface area (Å²) in [7, 11) is 0. The van der Waals surface area contributed by atoms with E-state index < -0.39 is 0 Å². The van der Waals surface area contributed by atoms with Crippen molar-refractivity contribution in [2.24, 2.45) is 5.92 Å². The first-order valence-corrected chi connectivity index (χ1v) is 6.62. The number of thiazole rings is 1. The van der Waals surface area contributed by atoms with Gasteiger partial charge in [-0.15, -0.1) is 11.3 Å². The Balaban J connectivity index is 2.01. The summed E-state index contributed by atoms with van der Waals surface area (Å²) in [5.41, 5.74) is 1.28. The highest BCUT2D eigenvalue weighted by Crippen LogP contribution is 2.36. The molecule has 1 aromatic rings. The van der Waals surface area contributed by atoms with E-state index in [4.69, 9.17) is 4.98 Å². The molecule has 0 aromatic carbocycles. The molecule has 0 amide bonds. The first kappa shape index (κ1) is 10.2. The zero-order valence-corrected chi connectivity index (χ0v) is 9.94. The van der Waals surface area contributed by atoms with Crippen molar-refractivity contribution in [1.29, 1.82) is 0 Å². The Morgan fingerprint density at radius 3 is 2.64 bits per heavy atom. The molecule has 1 fully saturated rings. The van der Waals surface area contributed by atoms with E-state index in [9.17, 15) is 0 Å². The molecule has 0 unspecified atom stereocenters. The van der Waals surface area contributed by atoms with E-state index >= 15 is 0 Å². The molecular formula is C12H19NS. The lowest BCUT2D eigenvalue weighted by Gasteiger charge is -2.24. The van der Waals surface area contributed by atoms with Crippen LogP contribution < -0.4 is 0 Å². The second kappa shape index (κ2) is 4.43. The lowest BCUT2D eigenvalue weighted by molar-refractivity contribution is 0.347. The minimum atomic E-state index is 0.775. The maximum absolute atomic E-state index is 4.70. The topological polar surface area (TPSA) is 12.9 Å². The van der Waals surface area contributed by atoms with Gasteiger partial charge in [0.05, 0.1) is 10.7 Å². The highest BCUT2D eigenvalue weighted by atomic mass is 32.1. The molecule has 2 rings (SSSR count). The average Bonchev–Trinajstić information content (AvgIpc) is 2.67. The summed E-state index contributed by atoms with van der Waals surface area (Å²) in [6.45, 7) is 4.55. The molecule has 14 heavy (non-hydrogen) atoms. The van der Waals surface area contributed by atoms with Crippen LogP contribution in [0.2, 0.25) is 0 Å². The van der Waals surface area contributed by atoms with Crippen LogP contribution in [0.1, 0.15) is 56.2 Å². The van der Waals surface area contributed by atoms with Gasteiger partial charge in [0, 0.05) is 11.3 Å². The number of rotatable bonds is 2. The largest absolute Gasteiger partial charge is 0.246 e. The molecule has 0 aliphatic heterocycles. The van der Waals surface area contributed by atoms with Crippen molar-refractivity contribution in [3.05, 3.63) is 16.1 Å². The molecule has 0 saturated heterocycles. The quantitative estimate of drug-likeness (QED) is 0.717. The number of hydrogen-bond donors (Lipinski definition) is 0. The monoisotopic (exact) mass is 209 g/mol. The Labute approximate surface area is 90.6 Å². The summed E-state index contributed by atoms with van der Waals surface area (Å²) in [6.07, 6.45) is 6.59. The van der Waals surface area contributed by atoms with E-state index in [0.29, 0.717) is 0 Å². The minimum Gasteiger partial charge on any atom is -0.246 e. The first-order chi connectivity index (χ1) is 6.79. The third-order valence-corrected chi connectivity index (χ3v) is 4.35. The standard InChI is InChI=1S/C12H19NS/c1-3-11-8-14-12(13-11)10-6-4-9(2)5-7-10/h8-10H,3-7H2,1-2H3. The van der Waals surface area contributed by atoms with Gasteiger partial charge in [-0.1, -0.05) is 26.7 Å². The van der Waals surface area contributed by atoms with Crippen molar-refractivity contribution >= 4 is 11.3 Å². The van der Waals surface area contributed by atoms with Crippen molar-refractivity contribution in [2.45, 2.75) is 51.9 Å². The van der Waals surface area contributed by atoms with Gasteiger partial charge in [0.1, 0.15) is 0 Å². The number of aryl methyl sites for hydroxylation is 1. The van der Waals surface area contributed by atoms with Crippen LogP contribution in [-0.4, -0.2) is 4.98 Å². The molecular weight excluding hydrogens is 190 g/mol. The number of hydrogen-bond acceptors (Lipinski definition) is 2. The van der Waals surface area contributed by atoms with Crippen LogP contribution in [-0.2, 0) is 6.42 Å². The Morgan fingerprint density at radius 2 is 2.07 bits per heavy atom. The fourth-order valence-electron chi connectivity index (χ4n) is 2.18. The molecule has 1 aromatic heterocycles. The van der Waals surface area contributed by atoms with Crippen LogP contribution in [0.25, 0.3) is 0 Å². The van der Waals surface area contributed by atoms with E-state index in [2.05, 4.69) is 19.2 Å². The van der Waals surface area contributed by atoms with Gasteiger partial charge < -0.3 is 0 Å². The van der Waals surface area contributed by atoms with Gasteiger partial charge in [0.25, 0.3) is 0 Å². The van der Waals surface area contributed by atoms with Gasteiger partial charge in [-0.3, -0.25) is 0 Å². The fourth-order valence-corrected chi connectivity index (χ4v) is 3.25. The Kier molecular flexibility index (Phi) is 3.22. The van der Waals surface area contributed by atoms with Gasteiger partial charge in [0.15, 0.2) is 0 Å². The Bertz CT molecular complexity index is 284. The smallest absolute Gasteiger partial charge is 0.0959 e. The summed E-state index contributed by atoms with van der Waals surface area (Å²) in [4.78, 5) is 4.70. The van der Waals surface area contributed by atoms with E-state index in [0.717, 1.165) is 18.3 Å². The van der Waals surface area contributed by atoms with Crippen LogP contribution in [0.3, 0.4) is 0 Å². The summed E-state index contributed by atoms with van der Waals surface area (Å²) < 4.78 is 0. The number of nitrogens with zero attached hydrogens (tertiary/aromatic N) is 1. The summed E-state index contributed by atoms with van der Waals surface area (Å²) in [6, 6.07) is 0. The zero-order valence-electron chi connectivity index (χ0n) is 9.12. The van der Waals surface area contributed by atoms with E-state index in [1.54, 1.807) is 0 Å². The highest BCUT2D eigenvalue weighted by Gasteiger charge is 2.21. The third-order valence-electron chi connectivity index (χ3n) is 3.30. The maximum atomic E-state index is 4.70. The van der Waals surface area contributed by atoms with Crippen LogP contribution in [0.4, 0.5) is 0 Å². The third kappa shape index (κ3) is 2.17. The van der Waals surface area contributed by atoms with Crippen LogP contribution >= 0.6 is 11.3 Å². The van der Waals surface area contributed by atoms with Crippen LogP contribution in [0.15, 0.2) is 5.38 Å². The molecule has 78 valence electrons. The molecule has 0 atom stereocenters. The predicted molar refractivity (Wildman–Crippen MR) is 61.9 cm³/mol. The predicted octanol–water partition coefficient (Wildman–Crippen LogP) is 4.00. The maximum Gasteiger partial charge on any atom is 0.0959 e. The van der Waals surface area contributed by atoms with Gasteiger partial charge in [-0.05, 0) is 25.2 Å². The second-order valence-electron chi connectivity index (χ2n) is 4.49. The van der Waals surface area contributed by atoms with Crippen molar-refractivity contribution in [3.63, 3.8) is 0 Å². The molecule has 0 bridgehead atoms. The lowest BCUT2D eigenvalue weighted by Crippen LogP contribution is -2.10. The van der Waals surface area contributed by atoms with E-state index in [1.165, 1.54) is 36.4 Å². The molecule has 1 aliphatic carbocycles. The van der Waals surface area contributed by atoms with Crippen molar-refractivity contribution in [2.75, 3.05) is 0 Å². The van der Waals surface area contributed by atoms with Gasteiger partial charge >= 0.3 is 0 Å². The molecule has 1 nitrogen and oxygen atoms in total. The molecule has 1 heterocycles. The first-order valence-electron chi connectivity index (χ1n) is 5.74. The molecule has 0 N–H and O–H groups in total. The molecule has 2 heteroatoms. The van der Waals surface area contributed by atoms with Gasteiger partial charge in [-0.25, -0.2) is 4.98 Å². The Hall–Kier alpha value is -0.370. The van der Waals surface area contributed by atoms with Crippen LogP contribution in [0.5, 0.6) is 0 Å². The van der Waals surface area contributed by atoms with E-state index in [1.807, 2.05) is 11.3 Å². The molecule has 0 spiro atoms. The van der Waals surface area contributed by atoms with Crippen LogP contribution in [0, 0.1) is 5.92 Å².